The number of hydrogen-bond acceptors (Lipinski definition) is 4. The van der Waals surface area contributed by atoms with E-state index in [0.717, 1.165) is 22.3 Å². The molecule has 2 N–H and O–H groups in total. The molecule has 0 spiro atoms. The lowest BCUT2D eigenvalue weighted by Crippen LogP contribution is -2.53. The SMILES string of the molecule is Cc1ccc(C(C(=O)Nc2ccccc2C)N(C)C(=O)C(NC(=O)OC(C)(C)C)C(C)C)c(C)c1. The summed E-state index contributed by atoms with van der Waals surface area (Å²) in [7, 11) is 1.59. The second kappa shape index (κ2) is 11.4. The van der Waals surface area contributed by atoms with Crippen molar-refractivity contribution >= 4 is 23.6 Å². The highest BCUT2D eigenvalue weighted by atomic mass is 16.6. The Labute approximate surface area is 209 Å². The Hall–Kier alpha value is -3.35. The lowest BCUT2D eigenvalue weighted by molar-refractivity contribution is -0.140. The predicted molar refractivity (Wildman–Crippen MR) is 139 cm³/mol. The number of nitrogens with one attached hydrogen (secondary N) is 2. The van der Waals surface area contributed by atoms with Gasteiger partial charge in [-0.05, 0) is 70.2 Å². The van der Waals surface area contributed by atoms with Crippen LogP contribution in [0.25, 0.3) is 0 Å². The molecule has 0 saturated heterocycles. The van der Waals surface area contributed by atoms with Crippen LogP contribution in [0.4, 0.5) is 10.5 Å². The van der Waals surface area contributed by atoms with Gasteiger partial charge >= 0.3 is 6.09 Å². The zero-order valence-corrected chi connectivity index (χ0v) is 22.4. The summed E-state index contributed by atoms with van der Waals surface area (Å²) in [5, 5.41) is 5.68. The highest BCUT2D eigenvalue weighted by molar-refractivity contribution is 5.99. The molecule has 0 radical (unpaired) electrons. The molecule has 0 aliphatic carbocycles. The monoisotopic (exact) mass is 481 g/mol. The third kappa shape index (κ3) is 7.57. The Kier molecular flexibility index (Phi) is 9.07. The van der Waals surface area contributed by atoms with E-state index in [2.05, 4.69) is 10.6 Å². The van der Waals surface area contributed by atoms with E-state index in [0.29, 0.717) is 5.69 Å². The highest BCUT2D eigenvalue weighted by Gasteiger charge is 2.36. The van der Waals surface area contributed by atoms with Crippen LogP contribution in [0.5, 0.6) is 0 Å². The van der Waals surface area contributed by atoms with Gasteiger partial charge in [0.25, 0.3) is 5.91 Å². The minimum Gasteiger partial charge on any atom is -0.444 e. The van der Waals surface area contributed by atoms with Crippen molar-refractivity contribution in [3.05, 3.63) is 64.7 Å². The molecule has 2 atom stereocenters. The number of carbonyl (C=O) groups is 3. The van der Waals surface area contributed by atoms with Gasteiger partial charge in [-0.2, -0.15) is 0 Å². The first kappa shape index (κ1) is 27.9. The van der Waals surface area contributed by atoms with Crippen molar-refractivity contribution in [2.75, 3.05) is 12.4 Å². The van der Waals surface area contributed by atoms with Crippen LogP contribution < -0.4 is 10.6 Å². The molecule has 0 aliphatic rings. The molecular weight excluding hydrogens is 442 g/mol. The van der Waals surface area contributed by atoms with Crippen molar-refractivity contribution < 1.29 is 19.1 Å². The molecule has 0 fully saturated rings. The molecular formula is C28H39N3O4. The highest BCUT2D eigenvalue weighted by Crippen LogP contribution is 2.28. The number of rotatable bonds is 7. The summed E-state index contributed by atoms with van der Waals surface area (Å²) in [6.07, 6.45) is -0.676. The molecule has 0 aliphatic heterocycles. The van der Waals surface area contributed by atoms with Crippen molar-refractivity contribution in [2.24, 2.45) is 5.92 Å². The van der Waals surface area contributed by atoms with E-state index >= 15 is 0 Å². The van der Waals surface area contributed by atoms with E-state index in [-0.39, 0.29) is 17.7 Å². The number of aryl methyl sites for hydroxylation is 3. The first-order chi connectivity index (χ1) is 16.2. The molecule has 0 bridgehead atoms. The fraction of sp³-hybridized carbons (Fsp3) is 0.464. The van der Waals surface area contributed by atoms with E-state index in [4.69, 9.17) is 4.74 Å². The summed E-state index contributed by atoms with van der Waals surface area (Å²) in [6, 6.07) is 11.5. The zero-order chi connectivity index (χ0) is 26.5. The van der Waals surface area contributed by atoms with Crippen molar-refractivity contribution in [1.82, 2.24) is 10.2 Å². The Morgan fingerprint density at radius 1 is 0.943 bits per heavy atom. The van der Waals surface area contributed by atoms with Crippen LogP contribution >= 0.6 is 0 Å². The van der Waals surface area contributed by atoms with Crippen molar-refractivity contribution in [3.8, 4) is 0 Å². The molecule has 2 rings (SSSR count). The van der Waals surface area contributed by atoms with E-state index in [1.165, 1.54) is 4.90 Å². The number of ether oxygens (including phenoxy) is 1. The number of likely N-dealkylation sites (N-methyl/N-ethyl adjacent to an activating group) is 1. The van der Waals surface area contributed by atoms with Gasteiger partial charge in [-0.25, -0.2) is 4.79 Å². The fourth-order valence-electron chi connectivity index (χ4n) is 3.87. The fourth-order valence-corrected chi connectivity index (χ4v) is 3.87. The summed E-state index contributed by atoms with van der Waals surface area (Å²) in [5.41, 5.74) is 3.58. The lowest BCUT2D eigenvalue weighted by atomic mass is 9.95. The van der Waals surface area contributed by atoms with Gasteiger partial charge in [0.1, 0.15) is 17.7 Å². The molecule has 2 aromatic rings. The Bertz CT molecular complexity index is 1070. The molecule has 190 valence electrons. The first-order valence-electron chi connectivity index (χ1n) is 11.9. The van der Waals surface area contributed by atoms with Gasteiger partial charge in [-0.1, -0.05) is 55.8 Å². The van der Waals surface area contributed by atoms with E-state index in [1.807, 2.05) is 77.1 Å². The van der Waals surface area contributed by atoms with Gasteiger partial charge < -0.3 is 20.3 Å². The maximum absolute atomic E-state index is 13.7. The number of para-hydroxylation sites is 1. The number of hydrogen-bond donors (Lipinski definition) is 2. The molecule has 0 aromatic heterocycles. The second-order valence-corrected chi connectivity index (χ2v) is 10.4. The molecule has 3 amide bonds. The summed E-state index contributed by atoms with van der Waals surface area (Å²) >= 11 is 0. The average Bonchev–Trinajstić information content (AvgIpc) is 2.73. The van der Waals surface area contributed by atoms with Crippen molar-refractivity contribution in [1.29, 1.82) is 0 Å². The summed E-state index contributed by atoms with van der Waals surface area (Å²) in [4.78, 5) is 41.2. The maximum atomic E-state index is 13.7. The molecule has 2 unspecified atom stereocenters. The Morgan fingerprint density at radius 2 is 1.57 bits per heavy atom. The summed E-state index contributed by atoms with van der Waals surface area (Å²) < 4.78 is 5.37. The number of alkyl carbamates (subject to hydrolysis) is 1. The third-order valence-corrected chi connectivity index (χ3v) is 5.71. The van der Waals surface area contributed by atoms with Crippen molar-refractivity contribution in [3.63, 3.8) is 0 Å². The van der Waals surface area contributed by atoms with Crippen LogP contribution in [0.15, 0.2) is 42.5 Å². The number of benzene rings is 2. The van der Waals surface area contributed by atoms with Gasteiger partial charge in [-0.15, -0.1) is 0 Å². The average molecular weight is 482 g/mol. The molecule has 0 saturated carbocycles. The summed E-state index contributed by atoms with van der Waals surface area (Å²) in [5.74, 6) is -0.936. The van der Waals surface area contributed by atoms with Gasteiger partial charge in [0, 0.05) is 12.7 Å². The summed E-state index contributed by atoms with van der Waals surface area (Å²) in [6.45, 7) is 14.8. The lowest BCUT2D eigenvalue weighted by Gasteiger charge is -2.33. The van der Waals surface area contributed by atoms with Gasteiger partial charge in [0.2, 0.25) is 5.91 Å². The number of nitrogens with zero attached hydrogens (tertiary/aromatic N) is 1. The van der Waals surface area contributed by atoms with Crippen LogP contribution in [-0.2, 0) is 14.3 Å². The smallest absolute Gasteiger partial charge is 0.408 e. The number of anilines is 1. The largest absolute Gasteiger partial charge is 0.444 e. The standard InChI is InChI=1S/C28H39N3O4/c1-17(2)23(30-27(34)35-28(6,7)8)26(33)31(9)24(21-15-14-18(3)16-20(21)5)25(32)29-22-13-11-10-12-19(22)4/h10-17,23-24H,1-9H3,(H,29,32)(H,30,34). The Balaban J connectivity index is 2.43. The van der Waals surface area contributed by atoms with E-state index in [1.54, 1.807) is 27.8 Å². The van der Waals surface area contributed by atoms with Crippen LogP contribution in [0.2, 0.25) is 0 Å². The van der Waals surface area contributed by atoms with Gasteiger partial charge in [0.15, 0.2) is 0 Å². The van der Waals surface area contributed by atoms with E-state index in [9.17, 15) is 14.4 Å². The van der Waals surface area contributed by atoms with Crippen LogP contribution in [0.3, 0.4) is 0 Å². The molecule has 7 heteroatoms. The minimum atomic E-state index is -0.899. The van der Waals surface area contributed by atoms with Crippen LogP contribution in [0, 0.1) is 26.7 Å². The third-order valence-electron chi connectivity index (χ3n) is 5.71. The topological polar surface area (TPSA) is 87.7 Å². The zero-order valence-electron chi connectivity index (χ0n) is 22.4. The molecule has 0 heterocycles. The maximum Gasteiger partial charge on any atom is 0.408 e. The predicted octanol–water partition coefficient (Wildman–Crippen LogP) is 5.30. The van der Waals surface area contributed by atoms with Gasteiger partial charge in [0.05, 0.1) is 0 Å². The molecule has 7 nitrogen and oxygen atoms in total. The second-order valence-electron chi connectivity index (χ2n) is 10.4. The first-order valence-corrected chi connectivity index (χ1v) is 11.9. The number of carbonyl (C=O) groups excluding carboxylic acids is 3. The van der Waals surface area contributed by atoms with E-state index < -0.39 is 23.8 Å². The minimum absolute atomic E-state index is 0.225. The number of amides is 3. The van der Waals surface area contributed by atoms with Crippen molar-refractivity contribution in [2.45, 2.75) is 73.1 Å². The van der Waals surface area contributed by atoms with Crippen LogP contribution in [0.1, 0.15) is 62.9 Å². The van der Waals surface area contributed by atoms with Crippen LogP contribution in [-0.4, -0.2) is 41.5 Å². The molecule has 35 heavy (non-hydrogen) atoms. The Morgan fingerprint density at radius 3 is 2.11 bits per heavy atom. The van der Waals surface area contributed by atoms with Gasteiger partial charge in [-0.3, -0.25) is 9.59 Å². The quantitative estimate of drug-likeness (QED) is 0.562. The molecule has 2 aromatic carbocycles. The normalized spacial score (nSPS) is 13.1.